The highest BCUT2D eigenvalue weighted by atomic mass is 79.9. The SMILES string of the molecule is CC1C=CC2=C(C1)c1ccccc1C21c2ccccc2-c2c(Br)cccc21. The van der Waals surface area contributed by atoms with Gasteiger partial charge in [0.2, 0.25) is 0 Å². The molecule has 0 radical (unpaired) electrons. The van der Waals surface area contributed by atoms with E-state index in [0.717, 1.165) is 6.42 Å². The van der Waals surface area contributed by atoms with Crippen molar-refractivity contribution in [3.05, 3.63) is 111 Å². The lowest BCUT2D eigenvalue weighted by molar-refractivity contribution is 0.725. The van der Waals surface area contributed by atoms with Gasteiger partial charge in [-0.1, -0.05) is 95.7 Å². The van der Waals surface area contributed by atoms with Gasteiger partial charge in [0.25, 0.3) is 0 Å². The minimum atomic E-state index is -0.182. The Hall–Kier alpha value is -2.38. The van der Waals surface area contributed by atoms with E-state index in [9.17, 15) is 0 Å². The van der Waals surface area contributed by atoms with Crippen molar-refractivity contribution in [1.82, 2.24) is 0 Å². The van der Waals surface area contributed by atoms with Crippen molar-refractivity contribution in [3.8, 4) is 11.1 Å². The van der Waals surface area contributed by atoms with Crippen molar-refractivity contribution in [1.29, 1.82) is 0 Å². The van der Waals surface area contributed by atoms with Crippen LogP contribution in [0.3, 0.4) is 0 Å². The Morgan fingerprint density at radius 3 is 2.30 bits per heavy atom. The summed E-state index contributed by atoms with van der Waals surface area (Å²) in [5, 5.41) is 0. The topological polar surface area (TPSA) is 0 Å². The molecule has 3 aliphatic rings. The van der Waals surface area contributed by atoms with Crippen molar-refractivity contribution < 1.29 is 0 Å². The number of allylic oxidation sites excluding steroid dienone is 4. The number of hydrogen-bond donors (Lipinski definition) is 0. The van der Waals surface area contributed by atoms with Crippen LogP contribution >= 0.6 is 15.9 Å². The number of hydrogen-bond acceptors (Lipinski definition) is 0. The summed E-state index contributed by atoms with van der Waals surface area (Å²) in [5.74, 6) is 0.589. The van der Waals surface area contributed by atoms with Gasteiger partial charge in [-0.05, 0) is 57.4 Å². The number of rotatable bonds is 0. The third-order valence-electron chi connectivity index (χ3n) is 6.52. The van der Waals surface area contributed by atoms with Crippen LogP contribution in [0.25, 0.3) is 16.7 Å². The second-order valence-corrected chi connectivity index (χ2v) is 8.79. The average molecular weight is 411 g/mol. The molecule has 27 heavy (non-hydrogen) atoms. The van der Waals surface area contributed by atoms with Gasteiger partial charge in [-0.25, -0.2) is 0 Å². The van der Waals surface area contributed by atoms with Gasteiger partial charge in [0, 0.05) is 10.0 Å². The molecule has 0 saturated heterocycles. The fraction of sp³-hybridized carbons (Fsp3) is 0.154. The quantitative estimate of drug-likeness (QED) is 0.369. The van der Waals surface area contributed by atoms with E-state index in [1.165, 1.54) is 49.0 Å². The van der Waals surface area contributed by atoms with E-state index < -0.39 is 0 Å². The second-order valence-electron chi connectivity index (χ2n) is 7.94. The molecule has 130 valence electrons. The first-order chi connectivity index (χ1) is 13.2. The fourth-order valence-corrected chi connectivity index (χ4v) is 6.13. The molecule has 6 rings (SSSR count). The average Bonchev–Trinajstić information content (AvgIpc) is 3.16. The predicted molar refractivity (Wildman–Crippen MR) is 116 cm³/mol. The summed E-state index contributed by atoms with van der Waals surface area (Å²) in [5.41, 5.74) is 11.2. The van der Waals surface area contributed by atoms with Gasteiger partial charge in [0.15, 0.2) is 0 Å². The highest BCUT2D eigenvalue weighted by Gasteiger charge is 2.52. The molecule has 0 saturated carbocycles. The van der Waals surface area contributed by atoms with Gasteiger partial charge in [0.05, 0.1) is 5.41 Å². The van der Waals surface area contributed by atoms with Gasteiger partial charge in [0.1, 0.15) is 0 Å². The van der Waals surface area contributed by atoms with E-state index in [1.54, 1.807) is 0 Å². The largest absolute Gasteiger partial charge is 0.0810 e. The highest BCUT2D eigenvalue weighted by molar-refractivity contribution is 9.10. The van der Waals surface area contributed by atoms with Crippen LogP contribution in [0.2, 0.25) is 0 Å². The fourth-order valence-electron chi connectivity index (χ4n) is 5.55. The molecule has 2 unspecified atom stereocenters. The molecule has 3 aromatic rings. The van der Waals surface area contributed by atoms with Crippen molar-refractivity contribution in [2.75, 3.05) is 0 Å². The van der Waals surface area contributed by atoms with Crippen LogP contribution in [0.4, 0.5) is 0 Å². The third-order valence-corrected chi connectivity index (χ3v) is 7.18. The van der Waals surface area contributed by atoms with Crippen LogP contribution in [0, 0.1) is 5.92 Å². The Labute approximate surface area is 168 Å². The molecule has 0 nitrogen and oxygen atoms in total. The zero-order chi connectivity index (χ0) is 18.2. The van der Waals surface area contributed by atoms with Gasteiger partial charge in [-0.2, -0.15) is 0 Å². The molecule has 0 bridgehead atoms. The van der Waals surface area contributed by atoms with Gasteiger partial charge < -0.3 is 0 Å². The minimum absolute atomic E-state index is 0.182. The van der Waals surface area contributed by atoms with E-state index in [1.807, 2.05) is 0 Å². The zero-order valence-electron chi connectivity index (χ0n) is 15.2. The lowest BCUT2D eigenvalue weighted by Crippen LogP contribution is -2.27. The first-order valence-electron chi connectivity index (χ1n) is 9.63. The Balaban J connectivity index is 1.83. The van der Waals surface area contributed by atoms with Crippen molar-refractivity contribution >= 4 is 21.5 Å². The molecule has 0 heterocycles. The second kappa shape index (κ2) is 5.33. The van der Waals surface area contributed by atoms with Crippen LogP contribution in [-0.2, 0) is 5.41 Å². The summed E-state index contributed by atoms with van der Waals surface area (Å²) in [6.45, 7) is 2.32. The molecular weight excluding hydrogens is 392 g/mol. The van der Waals surface area contributed by atoms with Gasteiger partial charge in [-0.15, -0.1) is 0 Å². The zero-order valence-corrected chi connectivity index (χ0v) is 16.8. The Bertz CT molecular complexity index is 1180. The molecule has 0 aromatic heterocycles. The van der Waals surface area contributed by atoms with Crippen LogP contribution < -0.4 is 0 Å². The summed E-state index contributed by atoms with van der Waals surface area (Å²) in [4.78, 5) is 0. The van der Waals surface area contributed by atoms with E-state index in [-0.39, 0.29) is 5.41 Å². The summed E-state index contributed by atoms with van der Waals surface area (Å²) in [6, 6.07) is 24.7. The first-order valence-corrected chi connectivity index (χ1v) is 10.4. The Morgan fingerprint density at radius 1 is 0.815 bits per heavy atom. The Morgan fingerprint density at radius 2 is 1.48 bits per heavy atom. The third kappa shape index (κ3) is 1.79. The first kappa shape index (κ1) is 15.7. The summed E-state index contributed by atoms with van der Waals surface area (Å²) in [7, 11) is 0. The predicted octanol–water partition coefficient (Wildman–Crippen LogP) is 7.13. The molecule has 0 aliphatic heterocycles. The van der Waals surface area contributed by atoms with E-state index in [2.05, 4.69) is 102 Å². The van der Waals surface area contributed by atoms with Crippen LogP contribution in [0.15, 0.2) is 88.9 Å². The van der Waals surface area contributed by atoms with Crippen molar-refractivity contribution in [2.24, 2.45) is 5.92 Å². The van der Waals surface area contributed by atoms with Gasteiger partial charge >= 0.3 is 0 Å². The maximum absolute atomic E-state index is 3.85. The molecule has 0 amide bonds. The van der Waals surface area contributed by atoms with Gasteiger partial charge in [-0.3, -0.25) is 0 Å². The normalized spacial score (nSPS) is 24.0. The monoisotopic (exact) mass is 410 g/mol. The molecule has 0 N–H and O–H groups in total. The molecule has 3 aliphatic carbocycles. The van der Waals surface area contributed by atoms with E-state index in [4.69, 9.17) is 0 Å². The maximum Gasteiger partial charge on any atom is 0.0722 e. The molecule has 2 atom stereocenters. The molecule has 3 aromatic carbocycles. The van der Waals surface area contributed by atoms with Crippen molar-refractivity contribution in [3.63, 3.8) is 0 Å². The molecule has 0 fully saturated rings. The van der Waals surface area contributed by atoms with Crippen LogP contribution in [-0.4, -0.2) is 0 Å². The molecule has 1 spiro atoms. The highest BCUT2D eigenvalue weighted by Crippen LogP contribution is 2.64. The Kier molecular flexibility index (Phi) is 3.09. The maximum atomic E-state index is 3.85. The summed E-state index contributed by atoms with van der Waals surface area (Å²) < 4.78 is 1.18. The number of fused-ring (bicyclic) bond motifs is 9. The minimum Gasteiger partial charge on any atom is -0.0810 e. The van der Waals surface area contributed by atoms with Crippen molar-refractivity contribution in [2.45, 2.75) is 18.8 Å². The smallest absolute Gasteiger partial charge is 0.0722 e. The molecule has 1 heteroatoms. The van der Waals surface area contributed by atoms with E-state index in [0.29, 0.717) is 5.92 Å². The number of halogens is 1. The van der Waals surface area contributed by atoms with E-state index >= 15 is 0 Å². The number of benzene rings is 3. The lowest BCUT2D eigenvalue weighted by Gasteiger charge is -2.32. The lowest BCUT2D eigenvalue weighted by atomic mass is 9.69. The summed E-state index contributed by atoms with van der Waals surface area (Å²) >= 11 is 3.85. The molecular formula is C26H19Br. The van der Waals surface area contributed by atoms with Crippen LogP contribution in [0.1, 0.15) is 35.6 Å². The standard InChI is InChI=1S/C26H19Br/c1-16-13-14-22-19(15-16)17-7-2-4-9-20(17)26(22)21-10-5-3-8-18(21)25-23(26)11-6-12-24(25)27/h2-14,16H,15H2,1H3. The van der Waals surface area contributed by atoms with Crippen LogP contribution in [0.5, 0.6) is 0 Å². The summed E-state index contributed by atoms with van der Waals surface area (Å²) in [6.07, 6.45) is 5.93.